The molecule has 0 saturated carbocycles. The molecule has 0 heterocycles. The molecule has 2 aromatic carbocycles. The van der Waals surface area contributed by atoms with Crippen LogP contribution in [0.2, 0.25) is 0 Å². The summed E-state index contributed by atoms with van der Waals surface area (Å²) in [5, 5.41) is 5.69. The zero-order valence-electron chi connectivity index (χ0n) is 16.5. The molecule has 0 radical (unpaired) electrons. The molecular weight excluding hydrogens is 374 g/mol. The summed E-state index contributed by atoms with van der Waals surface area (Å²) in [6, 6.07) is 13.8. The van der Waals surface area contributed by atoms with Gasteiger partial charge in [-0.15, -0.1) is 11.8 Å². The van der Waals surface area contributed by atoms with Crippen molar-refractivity contribution in [3.05, 3.63) is 54.1 Å². The number of para-hydroxylation sites is 1. The van der Waals surface area contributed by atoms with E-state index in [1.54, 1.807) is 54.9 Å². The number of thioether (sulfide) groups is 1. The van der Waals surface area contributed by atoms with Crippen LogP contribution in [0.4, 0.5) is 11.4 Å². The van der Waals surface area contributed by atoms with Crippen molar-refractivity contribution >= 4 is 40.7 Å². The maximum Gasteiger partial charge on any atom is 0.241 e. The fraction of sp³-hybridized carbons (Fsp3) is 0.286. The van der Waals surface area contributed by atoms with Crippen molar-refractivity contribution in [3.63, 3.8) is 0 Å². The summed E-state index contributed by atoms with van der Waals surface area (Å²) in [6.07, 6.45) is 1.95. The SMILES string of the molecule is CSc1ccccc1NC(=O)CN(C)C(C)C(=O)Nc1ccc(C(C)=O)cc1. The molecule has 6 nitrogen and oxygen atoms in total. The van der Waals surface area contributed by atoms with Crippen LogP contribution in [0.15, 0.2) is 53.4 Å². The first kappa shape index (κ1) is 21.7. The summed E-state index contributed by atoms with van der Waals surface area (Å²) in [6.45, 7) is 3.32. The van der Waals surface area contributed by atoms with Gasteiger partial charge in [-0.25, -0.2) is 0 Å². The molecule has 1 unspecified atom stereocenters. The van der Waals surface area contributed by atoms with Crippen LogP contribution < -0.4 is 10.6 Å². The van der Waals surface area contributed by atoms with Gasteiger partial charge in [0.15, 0.2) is 5.78 Å². The Morgan fingerprint density at radius 3 is 2.29 bits per heavy atom. The van der Waals surface area contributed by atoms with Gasteiger partial charge in [0.1, 0.15) is 0 Å². The van der Waals surface area contributed by atoms with Gasteiger partial charge in [0.2, 0.25) is 11.8 Å². The monoisotopic (exact) mass is 399 g/mol. The number of carbonyl (C=O) groups excluding carboxylic acids is 3. The average Bonchev–Trinajstić information content (AvgIpc) is 2.68. The molecule has 2 N–H and O–H groups in total. The number of rotatable bonds is 8. The lowest BCUT2D eigenvalue weighted by Crippen LogP contribution is -2.43. The number of hydrogen-bond donors (Lipinski definition) is 2. The van der Waals surface area contributed by atoms with Crippen molar-refractivity contribution in [1.82, 2.24) is 4.90 Å². The Morgan fingerprint density at radius 1 is 1.04 bits per heavy atom. The lowest BCUT2D eigenvalue weighted by molar-refractivity contribution is -0.122. The van der Waals surface area contributed by atoms with Crippen molar-refractivity contribution in [2.24, 2.45) is 0 Å². The lowest BCUT2D eigenvalue weighted by atomic mass is 10.1. The van der Waals surface area contributed by atoms with Gasteiger partial charge in [0.25, 0.3) is 0 Å². The molecule has 0 aliphatic carbocycles. The average molecular weight is 400 g/mol. The van der Waals surface area contributed by atoms with Gasteiger partial charge in [0, 0.05) is 16.1 Å². The topological polar surface area (TPSA) is 78.5 Å². The van der Waals surface area contributed by atoms with Gasteiger partial charge in [-0.05, 0) is 63.5 Å². The Bertz CT molecular complexity index is 852. The summed E-state index contributed by atoms with van der Waals surface area (Å²) < 4.78 is 0. The molecule has 1 atom stereocenters. The third-order valence-corrected chi connectivity index (χ3v) is 5.17. The molecule has 28 heavy (non-hydrogen) atoms. The minimum atomic E-state index is -0.506. The highest BCUT2D eigenvalue weighted by Crippen LogP contribution is 2.24. The second-order valence-electron chi connectivity index (χ2n) is 6.46. The van der Waals surface area contributed by atoms with Crippen LogP contribution >= 0.6 is 11.8 Å². The van der Waals surface area contributed by atoms with Gasteiger partial charge in [-0.3, -0.25) is 19.3 Å². The first-order valence-electron chi connectivity index (χ1n) is 8.86. The molecule has 0 fully saturated rings. The number of carbonyl (C=O) groups is 3. The van der Waals surface area contributed by atoms with E-state index >= 15 is 0 Å². The zero-order valence-corrected chi connectivity index (χ0v) is 17.3. The van der Waals surface area contributed by atoms with Crippen LogP contribution in [0.5, 0.6) is 0 Å². The van der Waals surface area contributed by atoms with E-state index in [2.05, 4.69) is 10.6 Å². The fourth-order valence-corrected chi connectivity index (χ4v) is 3.09. The summed E-state index contributed by atoms with van der Waals surface area (Å²) in [5.74, 6) is -0.440. The van der Waals surface area contributed by atoms with E-state index in [9.17, 15) is 14.4 Å². The summed E-state index contributed by atoms with van der Waals surface area (Å²) in [4.78, 5) is 38.8. The Hall–Kier alpha value is -2.64. The van der Waals surface area contributed by atoms with Gasteiger partial charge in [-0.1, -0.05) is 12.1 Å². The molecule has 2 aromatic rings. The standard InChI is InChI=1S/C21H25N3O3S/c1-14(21(27)22-17-11-9-16(10-12-17)15(2)25)24(3)13-20(26)23-18-7-5-6-8-19(18)28-4/h5-12,14H,13H2,1-4H3,(H,22,27)(H,23,26). The third-order valence-electron chi connectivity index (χ3n) is 4.37. The van der Waals surface area contributed by atoms with Crippen molar-refractivity contribution in [2.75, 3.05) is 30.5 Å². The minimum Gasteiger partial charge on any atom is -0.325 e. The van der Waals surface area contributed by atoms with Crippen LogP contribution in [-0.4, -0.2) is 48.4 Å². The number of hydrogen-bond acceptors (Lipinski definition) is 5. The molecule has 0 aromatic heterocycles. The third kappa shape index (κ3) is 5.94. The quantitative estimate of drug-likeness (QED) is 0.525. The number of amides is 2. The smallest absolute Gasteiger partial charge is 0.241 e. The maximum absolute atomic E-state index is 12.5. The Labute approximate surface area is 169 Å². The normalized spacial score (nSPS) is 11.8. The minimum absolute atomic E-state index is 0.0277. The molecule has 0 aliphatic rings. The van der Waals surface area contributed by atoms with Crippen LogP contribution in [0.1, 0.15) is 24.2 Å². The highest BCUT2D eigenvalue weighted by Gasteiger charge is 2.20. The molecule has 148 valence electrons. The molecule has 0 saturated heterocycles. The number of anilines is 2. The number of nitrogens with zero attached hydrogens (tertiary/aromatic N) is 1. The molecule has 0 aliphatic heterocycles. The molecule has 2 amide bonds. The number of likely N-dealkylation sites (N-methyl/N-ethyl adjacent to an activating group) is 1. The number of ketones is 1. The predicted octanol–water partition coefficient (Wildman–Crippen LogP) is 3.51. The molecule has 7 heteroatoms. The van der Waals surface area contributed by atoms with Crippen molar-refractivity contribution in [1.29, 1.82) is 0 Å². The number of Topliss-reactive ketones (excluding diaryl/α,β-unsaturated/α-hetero) is 1. The highest BCUT2D eigenvalue weighted by molar-refractivity contribution is 7.98. The first-order valence-corrected chi connectivity index (χ1v) is 10.1. The Balaban J connectivity index is 1.91. The summed E-state index contributed by atoms with van der Waals surface area (Å²) in [5.41, 5.74) is 1.95. The second-order valence-corrected chi connectivity index (χ2v) is 7.31. The Kier molecular flexibility index (Phi) is 7.78. The van der Waals surface area contributed by atoms with Crippen LogP contribution in [0, 0.1) is 0 Å². The van der Waals surface area contributed by atoms with Crippen molar-refractivity contribution < 1.29 is 14.4 Å². The van der Waals surface area contributed by atoms with Gasteiger partial charge < -0.3 is 10.6 Å². The highest BCUT2D eigenvalue weighted by atomic mass is 32.2. The van der Waals surface area contributed by atoms with Crippen LogP contribution in [-0.2, 0) is 9.59 Å². The number of benzene rings is 2. The molecule has 2 rings (SSSR count). The van der Waals surface area contributed by atoms with Crippen LogP contribution in [0.3, 0.4) is 0 Å². The molecule has 0 bridgehead atoms. The van der Waals surface area contributed by atoms with E-state index in [-0.39, 0.29) is 24.1 Å². The lowest BCUT2D eigenvalue weighted by Gasteiger charge is -2.23. The summed E-state index contributed by atoms with van der Waals surface area (Å²) in [7, 11) is 1.73. The molecular formula is C21H25N3O3S. The largest absolute Gasteiger partial charge is 0.325 e. The first-order chi connectivity index (χ1) is 13.3. The van der Waals surface area contributed by atoms with Gasteiger partial charge in [0.05, 0.1) is 18.3 Å². The van der Waals surface area contributed by atoms with E-state index in [0.717, 1.165) is 10.6 Å². The predicted molar refractivity (Wildman–Crippen MR) is 114 cm³/mol. The zero-order chi connectivity index (χ0) is 20.7. The molecule has 0 spiro atoms. The van der Waals surface area contributed by atoms with Gasteiger partial charge in [-0.2, -0.15) is 0 Å². The fourth-order valence-electron chi connectivity index (χ4n) is 2.54. The maximum atomic E-state index is 12.5. The van der Waals surface area contributed by atoms with Gasteiger partial charge >= 0.3 is 0 Å². The van der Waals surface area contributed by atoms with Crippen molar-refractivity contribution in [3.8, 4) is 0 Å². The number of nitrogens with one attached hydrogen (secondary N) is 2. The second kappa shape index (κ2) is 10.1. The van der Waals surface area contributed by atoms with E-state index in [0.29, 0.717) is 11.3 Å². The Morgan fingerprint density at radius 2 is 1.68 bits per heavy atom. The van der Waals surface area contributed by atoms with E-state index in [1.165, 1.54) is 6.92 Å². The van der Waals surface area contributed by atoms with E-state index in [1.807, 2.05) is 30.5 Å². The van der Waals surface area contributed by atoms with Crippen LogP contribution in [0.25, 0.3) is 0 Å². The van der Waals surface area contributed by atoms with Crippen molar-refractivity contribution in [2.45, 2.75) is 24.8 Å². The van der Waals surface area contributed by atoms with E-state index in [4.69, 9.17) is 0 Å². The summed E-state index contributed by atoms with van der Waals surface area (Å²) >= 11 is 1.56. The van der Waals surface area contributed by atoms with E-state index < -0.39 is 6.04 Å².